The fourth-order valence-electron chi connectivity index (χ4n) is 4.15. The third-order valence-electron chi connectivity index (χ3n) is 5.75. The maximum atomic E-state index is 10.6. The van der Waals surface area contributed by atoms with Gasteiger partial charge in [-0.15, -0.1) is 0 Å². The molecule has 0 spiro atoms. The van der Waals surface area contributed by atoms with Crippen LogP contribution in [0.15, 0.2) is 18.2 Å². The summed E-state index contributed by atoms with van der Waals surface area (Å²) in [6.07, 6.45) is -8.50. The molecule has 1 aromatic rings. The van der Waals surface area contributed by atoms with E-state index in [-0.39, 0.29) is 0 Å². The van der Waals surface area contributed by atoms with Gasteiger partial charge in [-0.1, -0.05) is 6.07 Å². The van der Waals surface area contributed by atoms with Crippen molar-refractivity contribution in [3.63, 3.8) is 0 Å². The molecule has 2 N–H and O–H groups in total. The minimum absolute atomic E-state index is 0.344. The quantitative estimate of drug-likeness (QED) is 0.551. The molecule has 1 aromatic carbocycles. The zero-order valence-corrected chi connectivity index (χ0v) is 20.0. The van der Waals surface area contributed by atoms with E-state index in [2.05, 4.69) is 36.0 Å². The molecule has 4 rings (SSSR count). The van der Waals surface area contributed by atoms with Gasteiger partial charge in [-0.3, -0.25) is 4.90 Å². The molecule has 3 aliphatic rings. The van der Waals surface area contributed by atoms with Crippen LogP contribution >= 0.6 is 0 Å². The monoisotopic (exact) mass is 546 g/mol. The van der Waals surface area contributed by atoms with Crippen molar-refractivity contribution in [3.8, 4) is 11.5 Å². The second kappa shape index (κ2) is 12.6. The third-order valence-corrected chi connectivity index (χ3v) is 5.75. The fraction of sp³-hybridized carbons (Fsp3) is 0.636. The summed E-state index contributed by atoms with van der Waals surface area (Å²) in [5.74, 6) is -2.36. The number of fused-ring (bicyclic) bond motifs is 2. The first kappa shape index (κ1) is 30.4. The number of benzene rings is 1. The van der Waals surface area contributed by atoms with E-state index in [1.54, 1.807) is 0 Å². The Labute approximate surface area is 208 Å². The minimum atomic E-state index is -5.08. The number of hydrogen-bond donors (Lipinski definition) is 2. The number of alkyl halides is 6. The summed E-state index contributed by atoms with van der Waals surface area (Å²) in [5, 5.41) is 14.2. The van der Waals surface area contributed by atoms with Crippen molar-refractivity contribution in [2.75, 3.05) is 47.1 Å². The van der Waals surface area contributed by atoms with Crippen LogP contribution in [0.4, 0.5) is 26.3 Å². The maximum absolute atomic E-state index is 10.6. The van der Waals surface area contributed by atoms with Crippen LogP contribution in [-0.4, -0.2) is 97.5 Å². The standard InChI is InChI=1S/C18H26N2O3.2C2HF3O2/c1-19(2)10-18-15-5-6-20(9-14(15)11-21-18)8-13-3-4-16-17(7-13)23-12-22-16;2*3-2(4,5)1(6)7/h3-4,7,14-15,18H,5-6,8-12H2,1-2H3;2*(H,6,7)/t14-,15-,18+;;/m1../s1. The lowest BCUT2D eigenvalue weighted by molar-refractivity contribution is -0.193. The first-order valence-electron chi connectivity index (χ1n) is 11.0. The highest BCUT2D eigenvalue weighted by molar-refractivity contribution is 5.73. The molecule has 3 atom stereocenters. The first-order chi connectivity index (χ1) is 17.1. The van der Waals surface area contributed by atoms with Gasteiger partial charge in [-0.2, -0.15) is 26.3 Å². The summed E-state index contributed by atoms with van der Waals surface area (Å²) in [6.45, 7) is 5.59. The Morgan fingerprint density at radius 3 is 2.14 bits per heavy atom. The number of ether oxygens (including phenoxy) is 3. The molecule has 9 nitrogen and oxygen atoms in total. The lowest BCUT2D eigenvalue weighted by atomic mass is 9.84. The molecule has 0 bridgehead atoms. The Kier molecular flexibility index (Phi) is 10.4. The molecule has 2 fully saturated rings. The van der Waals surface area contributed by atoms with Crippen molar-refractivity contribution in [2.24, 2.45) is 11.8 Å². The van der Waals surface area contributed by atoms with Crippen LogP contribution in [0.2, 0.25) is 0 Å². The molecule has 37 heavy (non-hydrogen) atoms. The molecule has 0 radical (unpaired) electrons. The first-order valence-corrected chi connectivity index (χ1v) is 11.0. The lowest BCUT2D eigenvalue weighted by Gasteiger charge is -2.36. The number of likely N-dealkylation sites (N-methyl/N-ethyl adjacent to an activating group) is 1. The average Bonchev–Trinajstić information content (AvgIpc) is 3.39. The number of carboxylic acids is 2. The molecule has 0 unspecified atom stereocenters. The summed E-state index contributed by atoms with van der Waals surface area (Å²) in [7, 11) is 4.26. The number of carbonyl (C=O) groups is 2. The number of nitrogens with zero attached hydrogens (tertiary/aromatic N) is 2. The summed E-state index contributed by atoms with van der Waals surface area (Å²) in [6, 6.07) is 6.30. The molecule has 0 amide bonds. The van der Waals surface area contributed by atoms with Gasteiger partial charge in [-0.25, -0.2) is 9.59 Å². The highest BCUT2D eigenvalue weighted by atomic mass is 19.4. The molecular formula is C22H28F6N2O7. The van der Waals surface area contributed by atoms with Crippen LogP contribution in [0.3, 0.4) is 0 Å². The summed E-state index contributed by atoms with van der Waals surface area (Å²) in [5.41, 5.74) is 1.30. The molecular weight excluding hydrogens is 518 g/mol. The van der Waals surface area contributed by atoms with E-state index in [9.17, 15) is 26.3 Å². The van der Waals surface area contributed by atoms with E-state index in [1.807, 2.05) is 6.07 Å². The van der Waals surface area contributed by atoms with Crippen molar-refractivity contribution >= 4 is 11.9 Å². The Bertz CT molecular complexity index is 902. The molecule has 3 heterocycles. The van der Waals surface area contributed by atoms with Gasteiger partial charge in [0, 0.05) is 25.6 Å². The van der Waals surface area contributed by atoms with E-state index in [0.717, 1.165) is 50.2 Å². The Morgan fingerprint density at radius 2 is 1.59 bits per heavy atom. The number of aliphatic carboxylic acids is 2. The Morgan fingerprint density at radius 1 is 1.03 bits per heavy atom. The predicted octanol–water partition coefficient (Wildman–Crippen LogP) is 3.08. The largest absolute Gasteiger partial charge is 0.490 e. The zero-order valence-electron chi connectivity index (χ0n) is 20.0. The molecule has 2 saturated heterocycles. The lowest BCUT2D eigenvalue weighted by Crippen LogP contribution is -2.42. The van der Waals surface area contributed by atoms with Gasteiger partial charge in [0.15, 0.2) is 11.5 Å². The maximum Gasteiger partial charge on any atom is 0.490 e. The van der Waals surface area contributed by atoms with Gasteiger partial charge in [0.2, 0.25) is 6.79 Å². The highest BCUT2D eigenvalue weighted by Gasteiger charge is 2.41. The number of likely N-dealkylation sites (tertiary alicyclic amines) is 1. The van der Waals surface area contributed by atoms with E-state index in [1.165, 1.54) is 12.0 Å². The third kappa shape index (κ3) is 9.55. The summed E-state index contributed by atoms with van der Waals surface area (Å²) >= 11 is 0. The van der Waals surface area contributed by atoms with E-state index >= 15 is 0 Å². The molecule has 0 aliphatic carbocycles. The Balaban J connectivity index is 0.000000286. The SMILES string of the molecule is CN(C)C[C@@H]1OC[C@H]2CN(Cc3ccc4c(c3)OCO4)CC[C@H]21.O=C(O)C(F)(F)F.O=C(O)C(F)(F)F. The minimum Gasteiger partial charge on any atom is -0.475 e. The van der Waals surface area contributed by atoms with Gasteiger partial charge < -0.3 is 29.3 Å². The van der Waals surface area contributed by atoms with Crippen molar-refractivity contribution in [3.05, 3.63) is 23.8 Å². The number of halogens is 6. The normalized spacial score (nSPS) is 22.9. The van der Waals surface area contributed by atoms with E-state index in [4.69, 9.17) is 34.0 Å². The number of carboxylic acid groups (broad SMARTS) is 2. The predicted molar refractivity (Wildman–Crippen MR) is 115 cm³/mol. The number of hydrogen-bond acceptors (Lipinski definition) is 7. The van der Waals surface area contributed by atoms with E-state index < -0.39 is 24.3 Å². The van der Waals surface area contributed by atoms with Crippen molar-refractivity contribution < 1.29 is 60.4 Å². The topological polar surface area (TPSA) is 109 Å². The molecule has 0 aromatic heterocycles. The van der Waals surface area contributed by atoms with Crippen molar-refractivity contribution in [2.45, 2.75) is 31.4 Å². The second-order valence-corrected chi connectivity index (χ2v) is 8.88. The number of piperidine rings is 1. The van der Waals surface area contributed by atoms with Gasteiger partial charge in [0.25, 0.3) is 0 Å². The Hall–Kier alpha value is -2.78. The van der Waals surface area contributed by atoms with Crippen LogP contribution in [-0.2, 0) is 20.9 Å². The zero-order chi connectivity index (χ0) is 28.0. The van der Waals surface area contributed by atoms with Crippen molar-refractivity contribution in [1.82, 2.24) is 9.80 Å². The van der Waals surface area contributed by atoms with Crippen LogP contribution < -0.4 is 9.47 Å². The van der Waals surface area contributed by atoms with Crippen LogP contribution in [0.5, 0.6) is 11.5 Å². The van der Waals surface area contributed by atoms with Gasteiger partial charge >= 0.3 is 24.3 Å². The smallest absolute Gasteiger partial charge is 0.475 e. The summed E-state index contributed by atoms with van der Waals surface area (Å²) in [4.78, 5) is 22.6. The molecule has 15 heteroatoms. The van der Waals surface area contributed by atoms with E-state index in [0.29, 0.717) is 18.8 Å². The molecule has 3 aliphatic heterocycles. The van der Waals surface area contributed by atoms with Gasteiger partial charge in [-0.05, 0) is 50.7 Å². The highest BCUT2D eigenvalue weighted by Crippen LogP contribution is 2.36. The molecule has 210 valence electrons. The van der Waals surface area contributed by atoms with Crippen molar-refractivity contribution in [1.29, 1.82) is 0 Å². The van der Waals surface area contributed by atoms with Gasteiger partial charge in [0.05, 0.1) is 12.7 Å². The van der Waals surface area contributed by atoms with Crippen LogP contribution in [0.25, 0.3) is 0 Å². The van der Waals surface area contributed by atoms with Crippen LogP contribution in [0.1, 0.15) is 12.0 Å². The average molecular weight is 546 g/mol. The number of rotatable bonds is 4. The summed E-state index contributed by atoms with van der Waals surface area (Å²) < 4.78 is 80.4. The van der Waals surface area contributed by atoms with Crippen LogP contribution in [0, 0.1) is 11.8 Å². The fourth-order valence-corrected chi connectivity index (χ4v) is 4.15. The molecule has 0 saturated carbocycles. The van der Waals surface area contributed by atoms with Gasteiger partial charge in [0.1, 0.15) is 0 Å². The second-order valence-electron chi connectivity index (χ2n) is 8.88.